The Morgan fingerprint density at radius 1 is 1.15 bits per heavy atom. The molecular formula is C15H13N3O2. The zero-order chi connectivity index (χ0) is 14.4. The highest BCUT2D eigenvalue weighted by atomic mass is 16.5. The van der Waals surface area contributed by atoms with Crippen molar-refractivity contribution in [2.45, 2.75) is 0 Å². The van der Waals surface area contributed by atoms with Gasteiger partial charge in [0.2, 0.25) is 0 Å². The van der Waals surface area contributed by atoms with Crippen LogP contribution in [0.25, 0.3) is 6.08 Å². The van der Waals surface area contributed by atoms with Crippen LogP contribution in [0.4, 0.5) is 0 Å². The van der Waals surface area contributed by atoms with Gasteiger partial charge < -0.3 is 9.64 Å². The molecule has 0 atom stereocenters. The maximum atomic E-state index is 12.2. The molecule has 0 unspecified atom stereocenters. The van der Waals surface area contributed by atoms with Gasteiger partial charge >= 0.3 is 0 Å². The van der Waals surface area contributed by atoms with Crippen LogP contribution in [0.3, 0.4) is 0 Å². The fourth-order valence-electron chi connectivity index (χ4n) is 1.93. The Balaban J connectivity index is 2.12. The van der Waals surface area contributed by atoms with E-state index in [-0.39, 0.29) is 11.5 Å². The van der Waals surface area contributed by atoms with Crippen molar-refractivity contribution in [3.63, 3.8) is 0 Å². The van der Waals surface area contributed by atoms with Gasteiger partial charge in [0.05, 0.1) is 13.2 Å². The van der Waals surface area contributed by atoms with E-state index in [2.05, 4.69) is 0 Å². The summed E-state index contributed by atoms with van der Waals surface area (Å²) >= 11 is 0. The average Bonchev–Trinajstić information content (AvgIpc) is 2.53. The zero-order valence-electron chi connectivity index (χ0n) is 10.9. The van der Waals surface area contributed by atoms with Crippen LogP contribution < -0.4 is 0 Å². The van der Waals surface area contributed by atoms with Crippen LogP contribution in [0.1, 0.15) is 15.9 Å². The molecule has 0 aliphatic carbocycles. The van der Waals surface area contributed by atoms with Crippen molar-refractivity contribution < 1.29 is 9.53 Å². The lowest BCUT2D eigenvalue weighted by atomic mass is 10.1. The number of nitrogens with zero attached hydrogens (tertiary/aromatic N) is 3. The summed E-state index contributed by atoms with van der Waals surface area (Å²) in [4.78, 5) is 14.0. The lowest BCUT2D eigenvalue weighted by molar-refractivity contribution is 0.0303. The van der Waals surface area contributed by atoms with Crippen LogP contribution in [0.15, 0.2) is 29.8 Å². The molecule has 1 aromatic rings. The van der Waals surface area contributed by atoms with Crippen LogP contribution in [-0.2, 0) is 4.74 Å². The highest BCUT2D eigenvalue weighted by molar-refractivity contribution is 5.94. The van der Waals surface area contributed by atoms with Gasteiger partial charge in [0.25, 0.3) is 5.91 Å². The van der Waals surface area contributed by atoms with Gasteiger partial charge in [-0.1, -0.05) is 12.1 Å². The van der Waals surface area contributed by atoms with Gasteiger partial charge in [0.1, 0.15) is 17.7 Å². The van der Waals surface area contributed by atoms with Gasteiger partial charge in [-0.15, -0.1) is 0 Å². The topological polar surface area (TPSA) is 77.1 Å². The molecule has 1 amide bonds. The molecule has 1 fully saturated rings. The van der Waals surface area contributed by atoms with Crippen LogP contribution in [0.2, 0.25) is 0 Å². The minimum absolute atomic E-state index is 0.0235. The van der Waals surface area contributed by atoms with E-state index in [1.165, 1.54) is 6.08 Å². The molecule has 0 saturated carbocycles. The van der Waals surface area contributed by atoms with E-state index in [1.807, 2.05) is 0 Å². The van der Waals surface area contributed by atoms with Gasteiger partial charge in [-0.25, -0.2) is 0 Å². The highest BCUT2D eigenvalue weighted by Gasteiger charge is 2.17. The molecule has 0 radical (unpaired) electrons. The molecular weight excluding hydrogens is 254 g/mol. The molecule has 0 aromatic heterocycles. The Kier molecular flexibility index (Phi) is 4.49. The van der Waals surface area contributed by atoms with Crippen molar-refractivity contribution in [2.24, 2.45) is 0 Å². The second kappa shape index (κ2) is 6.51. The molecule has 0 N–H and O–H groups in total. The number of morpholine rings is 1. The number of amides is 1. The van der Waals surface area contributed by atoms with Gasteiger partial charge in [-0.05, 0) is 23.8 Å². The van der Waals surface area contributed by atoms with E-state index >= 15 is 0 Å². The maximum Gasteiger partial charge on any atom is 0.254 e. The van der Waals surface area contributed by atoms with Crippen molar-refractivity contribution in [3.8, 4) is 12.1 Å². The number of rotatable bonds is 2. The number of hydrogen-bond donors (Lipinski definition) is 0. The van der Waals surface area contributed by atoms with Crippen LogP contribution in [0, 0.1) is 22.7 Å². The number of benzene rings is 1. The number of ether oxygens (including phenoxy) is 1. The van der Waals surface area contributed by atoms with E-state index in [4.69, 9.17) is 15.3 Å². The molecule has 5 nitrogen and oxygen atoms in total. The van der Waals surface area contributed by atoms with Gasteiger partial charge in [-0.3, -0.25) is 4.79 Å². The fourth-order valence-corrected chi connectivity index (χ4v) is 1.93. The third-order valence-electron chi connectivity index (χ3n) is 3.01. The summed E-state index contributed by atoms with van der Waals surface area (Å²) in [6.45, 7) is 2.35. The number of nitriles is 2. The average molecular weight is 267 g/mol. The summed E-state index contributed by atoms with van der Waals surface area (Å²) in [7, 11) is 0. The SMILES string of the molecule is N#CC(C#N)=Cc1ccc(C(=O)N2CCOCC2)cc1. The molecule has 0 spiro atoms. The van der Waals surface area contributed by atoms with Gasteiger partial charge in [0, 0.05) is 18.7 Å². The first kappa shape index (κ1) is 13.8. The predicted molar refractivity (Wildman–Crippen MR) is 72.4 cm³/mol. The highest BCUT2D eigenvalue weighted by Crippen LogP contribution is 2.11. The molecule has 0 bridgehead atoms. The zero-order valence-corrected chi connectivity index (χ0v) is 10.9. The van der Waals surface area contributed by atoms with Gasteiger partial charge in [-0.2, -0.15) is 10.5 Å². The molecule has 1 aliphatic heterocycles. The molecule has 20 heavy (non-hydrogen) atoms. The second-order valence-corrected chi connectivity index (χ2v) is 4.31. The lowest BCUT2D eigenvalue weighted by Crippen LogP contribution is -2.40. The monoisotopic (exact) mass is 267 g/mol. The minimum Gasteiger partial charge on any atom is -0.378 e. The normalized spacial score (nSPS) is 14.0. The summed E-state index contributed by atoms with van der Waals surface area (Å²) in [5, 5.41) is 17.4. The lowest BCUT2D eigenvalue weighted by Gasteiger charge is -2.26. The maximum absolute atomic E-state index is 12.2. The number of carbonyl (C=O) groups is 1. The van der Waals surface area contributed by atoms with E-state index < -0.39 is 0 Å². The predicted octanol–water partition coefficient (Wildman–Crippen LogP) is 1.59. The van der Waals surface area contributed by atoms with E-state index in [0.717, 1.165) is 5.56 Å². The first-order valence-electron chi connectivity index (χ1n) is 6.23. The summed E-state index contributed by atoms with van der Waals surface area (Å²) in [5.41, 5.74) is 1.36. The Labute approximate surface area is 117 Å². The molecule has 100 valence electrons. The largest absolute Gasteiger partial charge is 0.378 e. The van der Waals surface area contributed by atoms with Crippen molar-refractivity contribution in [1.82, 2.24) is 4.90 Å². The smallest absolute Gasteiger partial charge is 0.254 e. The first-order valence-corrected chi connectivity index (χ1v) is 6.23. The molecule has 1 aliphatic rings. The summed E-state index contributed by atoms with van der Waals surface area (Å²) in [6, 6.07) is 10.5. The summed E-state index contributed by atoms with van der Waals surface area (Å²) < 4.78 is 5.21. The quantitative estimate of drug-likeness (QED) is 0.762. The standard InChI is InChI=1S/C15H13N3O2/c16-10-13(11-17)9-12-1-3-14(4-2-12)15(19)18-5-7-20-8-6-18/h1-4,9H,5-8H2. The second-order valence-electron chi connectivity index (χ2n) is 4.31. The molecule has 1 aromatic carbocycles. The van der Waals surface area contributed by atoms with Gasteiger partial charge in [0.15, 0.2) is 0 Å². The Hall–Kier alpha value is -2.63. The van der Waals surface area contributed by atoms with Crippen molar-refractivity contribution in [3.05, 3.63) is 41.0 Å². The van der Waals surface area contributed by atoms with Crippen molar-refractivity contribution in [2.75, 3.05) is 26.3 Å². The van der Waals surface area contributed by atoms with Crippen LogP contribution >= 0.6 is 0 Å². The summed E-state index contributed by atoms with van der Waals surface area (Å²) in [6.07, 6.45) is 1.49. The van der Waals surface area contributed by atoms with Crippen molar-refractivity contribution in [1.29, 1.82) is 10.5 Å². The Morgan fingerprint density at radius 3 is 2.30 bits per heavy atom. The Morgan fingerprint density at radius 2 is 1.75 bits per heavy atom. The Bertz CT molecular complexity index is 583. The van der Waals surface area contributed by atoms with E-state index in [0.29, 0.717) is 31.9 Å². The van der Waals surface area contributed by atoms with Crippen LogP contribution in [0.5, 0.6) is 0 Å². The molecule has 2 rings (SSSR count). The third kappa shape index (κ3) is 3.23. The van der Waals surface area contributed by atoms with E-state index in [1.54, 1.807) is 41.3 Å². The third-order valence-corrected chi connectivity index (χ3v) is 3.01. The first-order chi connectivity index (χ1) is 9.74. The number of allylic oxidation sites excluding steroid dienone is 1. The van der Waals surface area contributed by atoms with Crippen LogP contribution in [-0.4, -0.2) is 37.1 Å². The molecule has 1 heterocycles. The number of hydrogen-bond acceptors (Lipinski definition) is 4. The van der Waals surface area contributed by atoms with E-state index in [9.17, 15) is 4.79 Å². The van der Waals surface area contributed by atoms with Crippen molar-refractivity contribution >= 4 is 12.0 Å². The molecule has 1 saturated heterocycles. The minimum atomic E-state index is -0.0235. The fraction of sp³-hybridized carbons (Fsp3) is 0.267. The molecule has 5 heteroatoms. The number of carbonyl (C=O) groups excluding carboxylic acids is 1. The summed E-state index contributed by atoms with van der Waals surface area (Å²) in [5.74, 6) is -0.0235.